The molecule has 1 amide bonds. The maximum absolute atomic E-state index is 12.5. The maximum atomic E-state index is 12.5. The fourth-order valence-electron chi connectivity index (χ4n) is 2.54. The van der Waals surface area contributed by atoms with Crippen molar-refractivity contribution in [2.75, 3.05) is 7.11 Å². The van der Waals surface area contributed by atoms with Gasteiger partial charge in [-0.1, -0.05) is 12.1 Å². The van der Waals surface area contributed by atoms with Crippen molar-refractivity contribution in [3.8, 4) is 0 Å². The molecule has 0 spiro atoms. The third kappa shape index (κ3) is 3.58. The number of benzene rings is 1. The molecule has 0 aliphatic carbocycles. The Balaban J connectivity index is 1.85. The summed E-state index contributed by atoms with van der Waals surface area (Å²) in [5, 5.41) is 14.2. The first-order chi connectivity index (χ1) is 13.3. The highest BCUT2D eigenvalue weighted by Crippen LogP contribution is 2.15. The molecule has 0 fully saturated rings. The lowest BCUT2D eigenvalue weighted by Gasteiger charge is -2.14. The predicted octanol–water partition coefficient (Wildman–Crippen LogP) is 0.393. The van der Waals surface area contributed by atoms with Crippen molar-refractivity contribution in [1.82, 2.24) is 24.9 Å². The van der Waals surface area contributed by atoms with Crippen LogP contribution in [0.1, 0.15) is 49.9 Å². The number of aromatic amines is 1. The zero-order chi connectivity index (χ0) is 20.4. The Bertz CT molecular complexity index is 1130. The smallest absolute Gasteiger partial charge is 0.363 e. The summed E-state index contributed by atoms with van der Waals surface area (Å²) in [7, 11) is 1.28. The molecular formula is C17H15N5O6. The van der Waals surface area contributed by atoms with Gasteiger partial charge in [-0.05, 0) is 24.6 Å². The predicted molar refractivity (Wildman–Crippen MR) is 94.2 cm³/mol. The molecule has 0 aliphatic heterocycles. The van der Waals surface area contributed by atoms with E-state index >= 15 is 0 Å². The number of carboxylic acids is 1. The van der Waals surface area contributed by atoms with Gasteiger partial charge in [-0.25, -0.2) is 29.0 Å². The second-order valence-corrected chi connectivity index (χ2v) is 5.80. The number of ether oxygens (including phenoxy) is 1. The molecule has 0 saturated heterocycles. The van der Waals surface area contributed by atoms with E-state index in [-0.39, 0.29) is 17.2 Å². The van der Waals surface area contributed by atoms with Crippen LogP contribution in [0.25, 0.3) is 5.78 Å². The number of hydrogen-bond acceptors (Lipinski definition) is 7. The lowest BCUT2D eigenvalue weighted by atomic mass is 10.1. The minimum absolute atomic E-state index is 0.207. The number of fused-ring (bicyclic) bond motifs is 1. The summed E-state index contributed by atoms with van der Waals surface area (Å²) in [6.07, 6.45) is 0. The van der Waals surface area contributed by atoms with Gasteiger partial charge in [0.1, 0.15) is 5.69 Å². The van der Waals surface area contributed by atoms with Gasteiger partial charge in [0.2, 0.25) is 0 Å². The van der Waals surface area contributed by atoms with E-state index in [4.69, 9.17) is 0 Å². The number of nitrogens with zero attached hydrogens (tertiary/aromatic N) is 3. The summed E-state index contributed by atoms with van der Waals surface area (Å²) < 4.78 is 5.51. The third-order valence-corrected chi connectivity index (χ3v) is 3.97. The molecule has 0 bridgehead atoms. The Morgan fingerprint density at radius 1 is 1.21 bits per heavy atom. The lowest BCUT2D eigenvalue weighted by Crippen LogP contribution is -2.28. The molecule has 3 rings (SSSR count). The number of aromatic nitrogens is 4. The SMILES string of the molecule is COC(=O)c1ccc([C@H](C)NC(=O)c2cc(C(=O)O)n3[nH]c(=O)nc3n2)cc1. The largest absolute Gasteiger partial charge is 0.477 e. The first-order valence-corrected chi connectivity index (χ1v) is 8.02. The van der Waals surface area contributed by atoms with Gasteiger partial charge in [0.15, 0.2) is 5.69 Å². The molecule has 144 valence electrons. The van der Waals surface area contributed by atoms with Crippen LogP contribution in [-0.4, -0.2) is 49.6 Å². The van der Waals surface area contributed by atoms with Crippen LogP contribution in [0.4, 0.5) is 0 Å². The van der Waals surface area contributed by atoms with Crippen molar-refractivity contribution >= 4 is 23.6 Å². The Morgan fingerprint density at radius 2 is 1.89 bits per heavy atom. The molecule has 0 saturated carbocycles. The summed E-state index contributed by atoms with van der Waals surface area (Å²) in [6, 6.07) is 7.01. The number of amides is 1. The van der Waals surface area contributed by atoms with Gasteiger partial charge in [-0.15, -0.1) is 0 Å². The minimum Gasteiger partial charge on any atom is -0.477 e. The number of carbonyl (C=O) groups excluding carboxylic acids is 2. The van der Waals surface area contributed by atoms with Gasteiger partial charge in [0, 0.05) is 6.07 Å². The van der Waals surface area contributed by atoms with E-state index in [1.165, 1.54) is 7.11 Å². The van der Waals surface area contributed by atoms with Crippen molar-refractivity contribution < 1.29 is 24.2 Å². The van der Waals surface area contributed by atoms with Crippen molar-refractivity contribution in [2.24, 2.45) is 0 Å². The van der Waals surface area contributed by atoms with Crippen molar-refractivity contribution in [2.45, 2.75) is 13.0 Å². The van der Waals surface area contributed by atoms with E-state index in [1.54, 1.807) is 31.2 Å². The molecule has 0 aliphatic rings. The first-order valence-electron chi connectivity index (χ1n) is 8.02. The zero-order valence-electron chi connectivity index (χ0n) is 14.8. The molecule has 11 nitrogen and oxygen atoms in total. The van der Waals surface area contributed by atoms with Crippen LogP contribution >= 0.6 is 0 Å². The van der Waals surface area contributed by atoms with Gasteiger partial charge in [-0.3, -0.25) is 4.79 Å². The Kier molecular flexibility index (Phi) is 4.90. The highest BCUT2D eigenvalue weighted by Gasteiger charge is 2.19. The van der Waals surface area contributed by atoms with Gasteiger partial charge in [0.25, 0.3) is 11.7 Å². The second kappa shape index (κ2) is 7.31. The van der Waals surface area contributed by atoms with E-state index < -0.39 is 29.6 Å². The Labute approximate surface area is 157 Å². The summed E-state index contributed by atoms with van der Waals surface area (Å²) in [5.41, 5.74) is -0.281. The molecule has 2 aromatic heterocycles. The number of aromatic carboxylic acids is 1. The molecule has 0 radical (unpaired) electrons. The molecule has 11 heteroatoms. The number of hydrogen-bond donors (Lipinski definition) is 3. The molecule has 3 N–H and O–H groups in total. The lowest BCUT2D eigenvalue weighted by molar-refractivity contribution is 0.0599. The average Bonchev–Trinajstić information content (AvgIpc) is 3.06. The summed E-state index contributed by atoms with van der Waals surface area (Å²) in [4.78, 5) is 54.2. The highest BCUT2D eigenvalue weighted by atomic mass is 16.5. The maximum Gasteiger partial charge on any atom is 0.363 e. The van der Waals surface area contributed by atoms with Crippen LogP contribution < -0.4 is 11.0 Å². The monoisotopic (exact) mass is 385 g/mol. The minimum atomic E-state index is -1.36. The fraction of sp³-hybridized carbons (Fsp3) is 0.176. The van der Waals surface area contributed by atoms with Crippen LogP contribution in [0.5, 0.6) is 0 Å². The van der Waals surface area contributed by atoms with E-state index in [0.717, 1.165) is 10.6 Å². The fourth-order valence-corrected chi connectivity index (χ4v) is 2.54. The van der Waals surface area contributed by atoms with Crippen LogP contribution in [0.2, 0.25) is 0 Å². The standard InChI is InChI=1S/C17H15N5O6/c1-8(9-3-5-10(6-4-9)15(26)28-2)18-13(23)11-7-12(14(24)25)22-16(19-11)20-17(27)21-22/h3-8H,1-2H3,(H,18,23)(H,21,27)(H,24,25)/t8-/m0/s1. The van der Waals surface area contributed by atoms with E-state index in [9.17, 15) is 24.3 Å². The summed E-state index contributed by atoms with van der Waals surface area (Å²) in [6.45, 7) is 1.71. The summed E-state index contributed by atoms with van der Waals surface area (Å²) in [5.74, 6) is -2.71. The van der Waals surface area contributed by atoms with Gasteiger partial charge in [-0.2, -0.15) is 4.98 Å². The quantitative estimate of drug-likeness (QED) is 0.533. The molecule has 1 aromatic carbocycles. The van der Waals surface area contributed by atoms with Crippen molar-refractivity contribution in [3.05, 3.63) is 63.3 Å². The number of carboxylic acid groups (broad SMARTS) is 1. The van der Waals surface area contributed by atoms with Gasteiger partial charge < -0.3 is 15.2 Å². The number of esters is 1. The van der Waals surface area contributed by atoms with Crippen molar-refractivity contribution in [1.29, 1.82) is 0 Å². The van der Waals surface area contributed by atoms with Crippen LogP contribution in [-0.2, 0) is 4.74 Å². The zero-order valence-corrected chi connectivity index (χ0v) is 14.8. The Hall–Kier alpha value is -4.02. The van der Waals surface area contributed by atoms with Crippen LogP contribution in [0, 0.1) is 0 Å². The van der Waals surface area contributed by atoms with E-state index in [2.05, 4.69) is 25.1 Å². The molecule has 1 atom stereocenters. The number of carbonyl (C=O) groups is 3. The van der Waals surface area contributed by atoms with Gasteiger partial charge in [0.05, 0.1) is 18.7 Å². The normalized spacial score (nSPS) is 11.8. The number of methoxy groups -OCH3 is 1. The third-order valence-electron chi connectivity index (χ3n) is 3.97. The van der Waals surface area contributed by atoms with Crippen LogP contribution in [0.15, 0.2) is 35.1 Å². The average molecular weight is 385 g/mol. The van der Waals surface area contributed by atoms with E-state index in [0.29, 0.717) is 11.1 Å². The number of nitrogens with one attached hydrogen (secondary N) is 2. The van der Waals surface area contributed by atoms with Crippen LogP contribution in [0.3, 0.4) is 0 Å². The second-order valence-electron chi connectivity index (χ2n) is 5.80. The van der Waals surface area contributed by atoms with E-state index in [1.807, 2.05) is 0 Å². The molecular weight excluding hydrogens is 370 g/mol. The van der Waals surface area contributed by atoms with Crippen molar-refractivity contribution in [3.63, 3.8) is 0 Å². The number of H-pyrrole nitrogens is 1. The molecule has 28 heavy (non-hydrogen) atoms. The highest BCUT2D eigenvalue weighted by molar-refractivity contribution is 5.96. The first kappa shape index (κ1) is 18.8. The Morgan fingerprint density at radius 3 is 2.50 bits per heavy atom. The number of rotatable bonds is 5. The molecule has 0 unspecified atom stereocenters. The summed E-state index contributed by atoms with van der Waals surface area (Å²) >= 11 is 0. The van der Waals surface area contributed by atoms with Gasteiger partial charge >= 0.3 is 17.6 Å². The topological polar surface area (TPSA) is 156 Å². The molecule has 2 heterocycles. The molecule has 3 aromatic rings.